The quantitative estimate of drug-likeness (QED) is 0.411. The summed E-state index contributed by atoms with van der Waals surface area (Å²) in [7, 11) is 0. The van der Waals surface area contributed by atoms with Crippen molar-refractivity contribution in [2.75, 3.05) is 0 Å². The largest absolute Gasteiger partial charge is 0.0654 e. The summed E-state index contributed by atoms with van der Waals surface area (Å²) in [6.45, 7) is 11.8. The molecular weight excluding hydrogens is 192 g/mol. The second kappa shape index (κ2) is 9.07. The zero-order valence-corrected chi connectivity index (χ0v) is 12.4. The standard InChI is InChI=1S/C16H34/c1-6-8-9-10-11-13-15(12-7-2)14-16(3,4)5/h15H,6-14H2,1-5H3. The van der Waals surface area contributed by atoms with E-state index in [-0.39, 0.29) is 0 Å². The summed E-state index contributed by atoms with van der Waals surface area (Å²) in [6, 6.07) is 0. The molecule has 0 radical (unpaired) electrons. The third kappa shape index (κ3) is 10.5. The van der Waals surface area contributed by atoms with Crippen LogP contribution in [0.3, 0.4) is 0 Å². The number of hydrogen-bond donors (Lipinski definition) is 0. The molecule has 0 bridgehead atoms. The van der Waals surface area contributed by atoms with Crippen LogP contribution in [-0.2, 0) is 0 Å². The molecule has 0 aromatic heterocycles. The maximum Gasteiger partial charge on any atom is -0.0380 e. The monoisotopic (exact) mass is 226 g/mol. The summed E-state index contributed by atoms with van der Waals surface area (Å²) in [5.41, 5.74) is 0.517. The van der Waals surface area contributed by atoms with Crippen LogP contribution in [0.5, 0.6) is 0 Å². The van der Waals surface area contributed by atoms with Gasteiger partial charge in [0.25, 0.3) is 0 Å². The van der Waals surface area contributed by atoms with Gasteiger partial charge in [-0.25, -0.2) is 0 Å². The third-order valence-corrected chi connectivity index (χ3v) is 3.31. The molecule has 0 rings (SSSR count). The maximum atomic E-state index is 2.38. The molecule has 0 heterocycles. The summed E-state index contributed by atoms with van der Waals surface area (Å²) in [5.74, 6) is 0.978. The van der Waals surface area contributed by atoms with E-state index in [9.17, 15) is 0 Å². The van der Waals surface area contributed by atoms with Gasteiger partial charge in [0.2, 0.25) is 0 Å². The first kappa shape index (κ1) is 16.0. The first-order valence-electron chi connectivity index (χ1n) is 7.49. The zero-order chi connectivity index (χ0) is 12.4. The fourth-order valence-electron chi connectivity index (χ4n) is 2.66. The van der Waals surface area contributed by atoms with Gasteiger partial charge in [-0.15, -0.1) is 0 Å². The Labute approximate surface area is 104 Å². The van der Waals surface area contributed by atoms with Gasteiger partial charge in [0.1, 0.15) is 0 Å². The predicted molar refractivity (Wildman–Crippen MR) is 75.8 cm³/mol. The Bertz CT molecular complexity index is 141. The first-order chi connectivity index (χ1) is 7.49. The molecule has 0 saturated carbocycles. The molecule has 0 aromatic rings. The molecule has 98 valence electrons. The molecule has 0 amide bonds. The van der Waals surface area contributed by atoms with Crippen LogP contribution >= 0.6 is 0 Å². The second-order valence-electron chi connectivity index (χ2n) is 6.62. The Morgan fingerprint density at radius 1 is 0.750 bits per heavy atom. The van der Waals surface area contributed by atoms with Crippen LogP contribution in [0.1, 0.15) is 92.4 Å². The Hall–Kier alpha value is 0. The van der Waals surface area contributed by atoms with Gasteiger partial charge in [0.15, 0.2) is 0 Å². The van der Waals surface area contributed by atoms with E-state index in [0.29, 0.717) is 5.41 Å². The van der Waals surface area contributed by atoms with E-state index in [1.165, 1.54) is 57.8 Å². The number of unbranched alkanes of at least 4 members (excludes halogenated alkanes) is 4. The summed E-state index contributed by atoms with van der Waals surface area (Å²) in [5, 5.41) is 0. The number of rotatable bonds is 9. The van der Waals surface area contributed by atoms with E-state index in [1.54, 1.807) is 0 Å². The first-order valence-corrected chi connectivity index (χ1v) is 7.49. The molecule has 0 aliphatic heterocycles. The van der Waals surface area contributed by atoms with Crippen molar-refractivity contribution in [3.63, 3.8) is 0 Å². The van der Waals surface area contributed by atoms with Gasteiger partial charge in [0.05, 0.1) is 0 Å². The van der Waals surface area contributed by atoms with Crippen molar-refractivity contribution in [3.05, 3.63) is 0 Å². The van der Waals surface area contributed by atoms with Gasteiger partial charge in [-0.1, -0.05) is 86.0 Å². The Morgan fingerprint density at radius 3 is 1.88 bits per heavy atom. The lowest BCUT2D eigenvalue weighted by molar-refractivity contribution is 0.264. The lowest BCUT2D eigenvalue weighted by atomic mass is 9.80. The van der Waals surface area contributed by atoms with Crippen molar-refractivity contribution in [1.29, 1.82) is 0 Å². The molecule has 0 aliphatic rings. The summed E-state index contributed by atoms with van der Waals surface area (Å²) < 4.78 is 0. The molecule has 0 N–H and O–H groups in total. The molecule has 0 saturated heterocycles. The van der Waals surface area contributed by atoms with Gasteiger partial charge in [-0.2, -0.15) is 0 Å². The van der Waals surface area contributed by atoms with Crippen LogP contribution in [0.25, 0.3) is 0 Å². The Kier molecular flexibility index (Phi) is 9.07. The Balaban J connectivity index is 3.68. The highest BCUT2D eigenvalue weighted by molar-refractivity contribution is 4.69. The van der Waals surface area contributed by atoms with Crippen LogP contribution < -0.4 is 0 Å². The lowest BCUT2D eigenvalue weighted by Gasteiger charge is -2.25. The van der Waals surface area contributed by atoms with Crippen LogP contribution in [-0.4, -0.2) is 0 Å². The van der Waals surface area contributed by atoms with E-state index >= 15 is 0 Å². The minimum absolute atomic E-state index is 0.517. The topological polar surface area (TPSA) is 0 Å². The molecule has 0 aromatic carbocycles. The molecule has 0 heteroatoms. The third-order valence-electron chi connectivity index (χ3n) is 3.31. The molecule has 0 nitrogen and oxygen atoms in total. The van der Waals surface area contributed by atoms with Gasteiger partial charge in [-0.05, 0) is 17.8 Å². The predicted octanol–water partition coefficient (Wildman–Crippen LogP) is 6.20. The van der Waals surface area contributed by atoms with E-state index in [0.717, 1.165) is 5.92 Å². The smallest absolute Gasteiger partial charge is 0.0380 e. The fraction of sp³-hybridized carbons (Fsp3) is 1.00. The summed E-state index contributed by atoms with van der Waals surface area (Å²) >= 11 is 0. The van der Waals surface area contributed by atoms with Crippen LogP contribution in [0.2, 0.25) is 0 Å². The van der Waals surface area contributed by atoms with E-state index in [1.807, 2.05) is 0 Å². The van der Waals surface area contributed by atoms with Crippen LogP contribution in [0.4, 0.5) is 0 Å². The van der Waals surface area contributed by atoms with E-state index in [4.69, 9.17) is 0 Å². The molecule has 16 heavy (non-hydrogen) atoms. The molecule has 0 spiro atoms. The van der Waals surface area contributed by atoms with Gasteiger partial charge in [0, 0.05) is 0 Å². The molecule has 0 fully saturated rings. The molecular formula is C16H34. The highest BCUT2D eigenvalue weighted by atomic mass is 14.2. The normalized spacial score (nSPS) is 14.1. The summed E-state index contributed by atoms with van der Waals surface area (Å²) in [6.07, 6.45) is 12.8. The van der Waals surface area contributed by atoms with Gasteiger partial charge < -0.3 is 0 Å². The highest BCUT2D eigenvalue weighted by Gasteiger charge is 2.17. The van der Waals surface area contributed by atoms with Crippen molar-refractivity contribution in [2.24, 2.45) is 11.3 Å². The second-order valence-corrected chi connectivity index (χ2v) is 6.62. The summed E-state index contributed by atoms with van der Waals surface area (Å²) in [4.78, 5) is 0. The van der Waals surface area contributed by atoms with Crippen molar-refractivity contribution in [2.45, 2.75) is 92.4 Å². The van der Waals surface area contributed by atoms with Crippen molar-refractivity contribution >= 4 is 0 Å². The minimum atomic E-state index is 0.517. The average molecular weight is 226 g/mol. The fourth-order valence-corrected chi connectivity index (χ4v) is 2.66. The molecule has 0 aliphatic carbocycles. The molecule has 1 atom stereocenters. The van der Waals surface area contributed by atoms with E-state index < -0.39 is 0 Å². The zero-order valence-electron chi connectivity index (χ0n) is 12.4. The highest BCUT2D eigenvalue weighted by Crippen LogP contribution is 2.30. The van der Waals surface area contributed by atoms with Crippen molar-refractivity contribution in [1.82, 2.24) is 0 Å². The van der Waals surface area contributed by atoms with Crippen molar-refractivity contribution in [3.8, 4) is 0 Å². The lowest BCUT2D eigenvalue weighted by Crippen LogP contribution is -2.13. The van der Waals surface area contributed by atoms with Gasteiger partial charge >= 0.3 is 0 Å². The molecule has 1 unspecified atom stereocenters. The van der Waals surface area contributed by atoms with Crippen LogP contribution in [0.15, 0.2) is 0 Å². The average Bonchev–Trinajstić information content (AvgIpc) is 2.15. The SMILES string of the molecule is CCCCCCCC(CCC)CC(C)(C)C. The number of hydrogen-bond acceptors (Lipinski definition) is 0. The Morgan fingerprint density at radius 2 is 1.38 bits per heavy atom. The van der Waals surface area contributed by atoms with Crippen LogP contribution in [0, 0.1) is 11.3 Å². The minimum Gasteiger partial charge on any atom is -0.0654 e. The maximum absolute atomic E-state index is 2.38. The van der Waals surface area contributed by atoms with Gasteiger partial charge in [-0.3, -0.25) is 0 Å². The van der Waals surface area contributed by atoms with E-state index in [2.05, 4.69) is 34.6 Å². The van der Waals surface area contributed by atoms with Crippen molar-refractivity contribution < 1.29 is 0 Å².